The standard InChI is InChI=1S/C13H12N2O3/c1-8-6-12(17)11(7-14-8)13(18)15-9-2-4-10(16)5-3-9/h2-7,16H,1H3,(H,14,17)(H,15,18). The number of hydrogen-bond acceptors (Lipinski definition) is 3. The van der Waals surface area contributed by atoms with Gasteiger partial charge in [0.1, 0.15) is 11.3 Å². The molecular formula is C13H12N2O3. The first kappa shape index (κ1) is 11.9. The molecule has 0 atom stereocenters. The molecule has 0 spiro atoms. The number of carbonyl (C=O) groups excluding carboxylic acids is 1. The van der Waals surface area contributed by atoms with Gasteiger partial charge >= 0.3 is 0 Å². The Morgan fingerprint density at radius 3 is 2.56 bits per heavy atom. The van der Waals surface area contributed by atoms with Crippen LogP contribution in [0.3, 0.4) is 0 Å². The van der Waals surface area contributed by atoms with Crippen LogP contribution in [0.25, 0.3) is 0 Å². The van der Waals surface area contributed by atoms with E-state index in [2.05, 4.69) is 10.3 Å². The highest BCUT2D eigenvalue weighted by Crippen LogP contribution is 2.14. The highest BCUT2D eigenvalue weighted by Gasteiger charge is 2.10. The van der Waals surface area contributed by atoms with Crippen molar-refractivity contribution in [3.05, 3.63) is 58.0 Å². The zero-order valence-electron chi connectivity index (χ0n) is 9.73. The fraction of sp³-hybridized carbons (Fsp3) is 0.0769. The van der Waals surface area contributed by atoms with Gasteiger partial charge in [-0.15, -0.1) is 0 Å². The quantitative estimate of drug-likeness (QED) is 0.702. The number of pyridine rings is 1. The Balaban J connectivity index is 2.22. The molecule has 0 radical (unpaired) electrons. The van der Waals surface area contributed by atoms with Gasteiger partial charge in [-0.2, -0.15) is 0 Å². The molecule has 92 valence electrons. The summed E-state index contributed by atoms with van der Waals surface area (Å²) in [6.07, 6.45) is 1.38. The Hall–Kier alpha value is -2.56. The first-order valence-corrected chi connectivity index (χ1v) is 5.36. The van der Waals surface area contributed by atoms with E-state index in [-0.39, 0.29) is 16.7 Å². The number of aromatic nitrogens is 1. The van der Waals surface area contributed by atoms with E-state index < -0.39 is 5.91 Å². The van der Waals surface area contributed by atoms with Crippen LogP contribution in [0.2, 0.25) is 0 Å². The molecule has 0 unspecified atom stereocenters. The number of aromatic amines is 1. The Morgan fingerprint density at radius 2 is 1.94 bits per heavy atom. The number of amides is 1. The van der Waals surface area contributed by atoms with E-state index in [1.54, 1.807) is 19.1 Å². The molecule has 0 aliphatic rings. The van der Waals surface area contributed by atoms with Gasteiger partial charge < -0.3 is 15.4 Å². The molecule has 2 rings (SSSR count). The third kappa shape index (κ3) is 2.57. The molecule has 0 bridgehead atoms. The molecule has 1 aromatic carbocycles. The number of phenolic OH excluding ortho intramolecular Hbond substituents is 1. The second-order valence-electron chi connectivity index (χ2n) is 3.89. The number of nitrogens with one attached hydrogen (secondary N) is 2. The van der Waals surface area contributed by atoms with Crippen molar-refractivity contribution in [2.75, 3.05) is 5.32 Å². The number of anilines is 1. The number of aromatic hydroxyl groups is 1. The molecular weight excluding hydrogens is 232 g/mol. The summed E-state index contributed by atoms with van der Waals surface area (Å²) in [6, 6.07) is 7.38. The van der Waals surface area contributed by atoms with E-state index in [9.17, 15) is 9.59 Å². The van der Waals surface area contributed by atoms with E-state index in [1.165, 1.54) is 24.4 Å². The first-order chi connectivity index (χ1) is 8.56. The number of rotatable bonds is 2. The Bertz CT molecular complexity index is 629. The van der Waals surface area contributed by atoms with Gasteiger partial charge in [0.2, 0.25) is 0 Å². The lowest BCUT2D eigenvalue weighted by Gasteiger charge is -2.05. The minimum Gasteiger partial charge on any atom is -0.508 e. The molecule has 0 aliphatic carbocycles. The van der Waals surface area contributed by atoms with Gasteiger partial charge in [0.05, 0.1) is 0 Å². The van der Waals surface area contributed by atoms with E-state index in [0.717, 1.165) is 0 Å². The molecule has 1 heterocycles. The maximum Gasteiger partial charge on any atom is 0.261 e. The monoisotopic (exact) mass is 244 g/mol. The third-order valence-corrected chi connectivity index (χ3v) is 2.43. The Morgan fingerprint density at radius 1 is 1.28 bits per heavy atom. The molecule has 0 aliphatic heterocycles. The lowest BCUT2D eigenvalue weighted by Crippen LogP contribution is -2.21. The van der Waals surface area contributed by atoms with Crippen LogP contribution in [0.15, 0.2) is 41.3 Å². The van der Waals surface area contributed by atoms with Gasteiger partial charge in [-0.3, -0.25) is 9.59 Å². The van der Waals surface area contributed by atoms with Crippen LogP contribution in [-0.4, -0.2) is 16.0 Å². The fourth-order valence-corrected chi connectivity index (χ4v) is 1.49. The predicted octanol–water partition coefficient (Wildman–Crippen LogP) is 1.64. The minimum atomic E-state index is -0.484. The lowest BCUT2D eigenvalue weighted by atomic mass is 10.2. The topological polar surface area (TPSA) is 82.2 Å². The molecule has 0 fully saturated rings. The van der Waals surface area contributed by atoms with Gasteiger partial charge in [-0.25, -0.2) is 0 Å². The maximum atomic E-state index is 11.8. The van der Waals surface area contributed by atoms with E-state index in [0.29, 0.717) is 11.4 Å². The number of H-pyrrole nitrogens is 1. The van der Waals surface area contributed by atoms with Crippen LogP contribution in [-0.2, 0) is 0 Å². The Labute approximate surface area is 103 Å². The van der Waals surface area contributed by atoms with Crippen LogP contribution < -0.4 is 10.7 Å². The van der Waals surface area contributed by atoms with E-state index in [4.69, 9.17) is 5.11 Å². The van der Waals surface area contributed by atoms with Crippen LogP contribution in [0.4, 0.5) is 5.69 Å². The van der Waals surface area contributed by atoms with Crippen LogP contribution >= 0.6 is 0 Å². The minimum absolute atomic E-state index is 0.0497. The van der Waals surface area contributed by atoms with Crippen molar-refractivity contribution < 1.29 is 9.90 Å². The van der Waals surface area contributed by atoms with Crippen molar-refractivity contribution in [1.82, 2.24) is 4.98 Å². The summed E-state index contributed by atoms with van der Waals surface area (Å²) in [6.45, 7) is 1.74. The zero-order chi connectivity index (χ0) is 13.1. The van der Waals surface area contributed by atoms with Gasteiger partial charge in [0.25, 0.3) is 5.91 Å². The summed E-state index contributed by atoms with van der Waals surface area (Å²) in [5.74, 6) is -0.372. The van der Waals surface area contributed by atoms with E-state index in [1.807, 2.05) is 0 Å². The van der Waals surface area contributed by atoms with Crippen molar-refractivity contribution in [2.24, 2.45) is 0 Å². The number of carbonyl (C=O) groups is 1. The largest absolute Gasteiger partial charge is 0.508 e. The van der Waals surface area contributed by atoms with Crippen LogP contribution in [0.1, 0.15) is 16.1 Å². The number of hydrogen-bond donors (Lipinski definition) is 3. The fourth-order valence-electron chi connectivity index (χ4n) is 1.49. The summed E-state index contributed by atoms with van der Waals surface area (Å²) in [4.78, 5) is 26.3. The maximum absolute atomic E-state index is 11.8. The van der Waals surface area contributed by atoms with Crippen molar-refractivity contribution in [3.63, 3.8) is 0 Å². The lowest BCUT2D eigenvalue weighted by molar-refractivity contribution is 0.102. The van der Waals surface area contributed by atoms with Gasteiger partial charge in [0, 0.05) is 23.6 Å². The SMILES string of the molecule is Cc1cc(=O)c(C(=O)Nc2ccc(O)cc2)c[nH]1. The first-order valence-electron chi connectivity index (χ1n) is 5.36. The highest BCUT2D eigenvalue weighted by molar-refractivity contribution is 6.03. The summed E-state index contributed by atoms with van der Waals surface area (Å²) in [5.41, 5.74) is 0.926. The van der Waals surface area contributed by atoms with Crippen LogP contribution in [0.5, 0.6) is 5.75 Å². The zero-order valence-corrected chi connectivity index (χ0v) is 9.73. The molecule has 0 saturated carbocycles. The average Bonchev–Trinajstić information content (AvgIpc) is 2.32. The van der Waals surface area contributed by atoms with E-state index >= 15 is 0 Å². The van der Waals surface area contributed by atoms with Gasteiger partial charge in [-0.05, 0) is 31.2 Å². The summed E-state index contributed by atoms with van der Waals surface area (Å²) in [5, 5.41) is 11.7. The molecule has 5 heteroatoms. The Kier molecular flexibility index (Phi) is 3.14. The second-order valence-corrected chi connectivity index (χ2v) is 3.89. The second kappa shape index (κ2) is 4.75. The number of aryl methyl sites for hydroxylation is 1. The van der Waals surface area contributed by atoms with Crippen molar-refractivity contribution >= 4 is 11.6 Å². The smallest absolute Gasteiger partial charge is 0.261 e. The van der Waals surface area contributed by atoms with Gasteiger partial charge in [0.15, 0.2) is 5.43 Å². The van der Waals surface area contributed by atoms with Crippen molar-refractivity contribution in [2.45, 2.75) is 6.92 Å². The van der Waals surface area contributed by atoms with Gasteiger partial charge in [-0.1, -0.05) is 0 Å². The number of benzene rings is 1. The average molecular weight is 244 g/mol. The molecule has 5 nitrogen and oxygen atoms in total. The molecule has 18 heavy (non-hydrogen) atoms. The molecule has 1 aromatic heterocycles. The highest BCUT2D eigenvalue weighted by atomic mass is 16.3. The third-order valence-electron chi connectivity index (χ3n) is 2.43. The molecule has 3 N–H and O–H groups in total. The van der Waals surface area contributed by atoms with Crippen molar-refractivity contribution in [1.29, 1.82) is 0 Å². The molecule has 2 aromatic rings. The summed E-state index contributed by atoms with van der Waals surface area (Å²) in [7, 11) is 0. The molecule has 1 amide bonds. The summed E-state index contributed by atoms with van der Waals surface area (Å²) < 4.78 is 0. The predicted molar refractivity (Wildman–Crippen MR) is 67.9 cm³/mol. The summed E-state index contributed by atoms with van der Waals surface area (Å²) >= 11 is 0. The van der Waals surface area contributed by atoms with Crippen molar-refractivity contribution in [3.8, 4) is 5.75 Å². The van der Waals surface area contributed by atoms with Crippen LogP contribution in [0, 0.1) is 6.92 Å². The molecule has 0 saturated heterocycles. The number of phenols is 1. The normalized spacial score (nSPS) is 10.1.